The van der Waals surface area contributed by atoms with Gasteiger partial charge in [-0.2, -0.15) is 0 Å². The molecular formula is C22H26N6O. The summed E-state index contributed by atoms with van der Waals surface area (Å²) in [5.41, 5.74) is 3.28. The molecule has 0 spiro atoms. The molecule has 1 unspecified atom stereocenters. The van der Waals surface area contributed by atoms with Crippen molar-refractivity contribution in [3.05, 3.63) is 72.1 Å². The van der Waals surface area contributed by atoms with Gasteiger partial charge in [-0.25, -0.2) is 4.68 Å². The lowest BCUT2D eigenvalue weighted by Gasteiger charge is -2.22. The molecule has 150 valence electrons. The van der Waals surface area contributed by atoms with E-state index in [0.29, 0.717) is 11.7 Å². The average molecular weight is 390 g/mol. The van der Waals surface area contributed by atoms with E-state index >= 15 is 0 Å². The van der Waals surface area contributed by atoms with Crippen LogP contribution in [0.5, 0.6) is 0 Å². The number of rotatable bonds is 6. The summed E-state index contributed by atoms with van der Waals surface area (Å²) in [5.74, 6) is -0.247. The average Bonchev–Trinajstić information content (AvgIpc) is 3.27. The first kappa shape index (κ1) is 19.1. The number of nitrogens with one attached hydrogen (secondary N) is 3. The van der Waals surface area contributed by atoms with Gasteiger partial charge in [-0.3, -0.25) is 4.79 Å². The van der Waals surface area contributed by atoms with Crippen molar-refractivity contribution >= 4 is 17.3 Å². The number of benzene rings is 2. The monoisotopic (exact) mass is 390 g/mol. The fourth-order valence-corrected chi connectivity index (χ4v) is 3.55. The van der Waals surface area contributed by atoms with Crippen LogP contribution in [-0.4, -0.2) is 34.0 Å². The lowest BCUT2D eigenvalue weighted by atomic mass is 10.1. The molecule has 2 aromatic carbocycles. The molecule has 0 bridgehead atoms. The van der Waals surface area contributed by atoms with Gasteiger partial charge in [0.2, 0.25) is 0 Å². The van der Waals surface area contributed by atoms with Crippen molar-refractivity contribution in [1.82, 2.24) is 20.3 Å². The van der Waals surface area contributed by atoms with Crippen LogP contribution in [0.3, 0.4) is 0 Å². The van der Waals surface area contributed by atoms with Crippen molar-refractivity contribution in [3.8, 4) is 0 Å². The van der Waals surface area contributed by atoms with Gasteiger partial charge in [0.15, 0.2) is 5.69 Å². The van der Waals surface area contributed by atoms with E-state index in [1.807, 2.05) is 47.1 Å². The summed E-state index contributed by atoms with van der Waals surface area (Å²) in [5, 5.41) is 17.9. The second kappa shape index (κ2) is 8.87. The van der Waals surface area contributed by atoms with E-state index < -0.39 is 0 Å². The maximum atomic E-state index is 12.5. The summed E-state index contributed by atoms with van der Waals surface area (Å²) in [6.07, 6.45) is 3.74. The van der Waals surface area contributed by atoms with Crippen LogP contribution in [0.25, 0.3) is 0 Å². The Morgan fingerprint density at radius 1 is 1.07 bits per heavy atom. The molecule has 3 N–H and O–H groups in total. The molecule has 1 aliphatic heterocycles. The largest absolute Gasteiger partial charge is 0.379 e. The van der Waals surface area contributed by atoms with E-state index in [1.165, 1.54) is 5.56 Å². The van der Waals surface area contributed by atoms with Crippen molar-refractivity contribution in [2.45, 2.75) is 31.8 Å². The Labute approximate surface area is 170 Å². The highest BCUT2D eigenvalue weighted by molar-refractivity contribution is 6.02. The smallest absolute Gasteiger partial charge is 0.277 e. The van der Waals surface area contributed by atoms with Crippen molar-refractivity contribution in [3.63, 3.8) is 0 Å². The fraction of sp³-hybridized carbons (Fsp3) is 0.318. The first-order valence-electron chi connectivity index (χ1n) is 10.0. The van der Waals surface area contributed by atoms with Gasteiger partial charge in [0, 0.05) is 17.4 Å². The third-order valence-corrected chi connectivity index (χ3v) is 5.25. The van der Waals surface area contributed by atoms with Crippen LogP contribution >= 0.6 is 0 Å². The van der Waals surface area contributed by atoms with Crippen molar-refractivity contribution < 1.29 is 4.79 Å². The van der Waals surface area contributed by atoms with Gasteiger partial charge in [-0.1, -0.05) is 35.5 Å². The number of hydrogen-bond acceptors (Lipinski definition) is 5. The summed E-state index contributed by atoms with van der Waals surface area (Å²) in [6.45, 7) is 4.06. The molecule has 4 rings (SSSR count). The Morgan fingerprint density at radius 2 is 1.76 bits per heavy atom. The third kappa shape index (κ3) is 4.81. The molecule has 7 heteroatoms. The second-order valence-corrected chi connectivity index (χ2v) is 7.37. The van der Waals surface area contributed by atoms with Gasteiger partial charge < -0.3 is 16.0 Å². The first-order chi connectivity index (χ1) is 14.2. The molecule has 0 aliphatic carbocycles. The number of amides is 1. The Kier molecular flexibility index (Phi) is 5.86. The number of hydrogen-bond donors (Lipinski definition) is 3. The zero-order chi connectivity index (χ0) is 20.1. The maximum absolute atomic E-state index is 12.5. The number of carbonyl (C=O) groups is 1. The quantitative estimate of drug-likeness (QED) is 0.599. The lowest BCUT2D eigenvalue weighted by molar-refractivity contribution is 0.102. The fourth-order valence-electron chi connectivity index (χ4n) is 3.55. The SMILES string of the molecule is CC(Nc1ccc(NC(=O)c2cn(C3CCNCC3)nn2)cc1)c1ccccc1. The van der Waals surface area contributed by atoms with Crippen molar-refractivity contribution in [2.24, 2.45) is 0 Å². The Hall–Kier alpha value is -3.19. The Morgan fingerprint density at radius 3 is 2.48 bits per heavy atom. The van der Waals surface area contributed by atoms with Gasteiger partial charge in [-0.05, 0) is 62.7 Å². The molecule has 0 radical (unpaired) electrons. The van der Waals surface area contributed by atoms with E-state index in [2.05, 4.69) is 45.3 Å². The predicted octanol–water partition coefficient (Wildman–Crippen LogP) is 3.63. The number of nitrogens with zero attached hydrogens (tertiary/aromatic N) is 3. The highest BCUT2D eigenvalue weighted by Crippen LogP contribution is 2.21. The van der Waals surface area contributed by atoms with Crippen LogP contribution in [0.4, 0.5) is 11.4 Å². The standard InChI is InChI=1S/C22H26N6O/c1-16(17-5-3-2-4-6-17)24-18-7-9-19(10-8-18)25-22(29)21-15-28(27-26-21)20-11-13-23-14-12-20/h2-10,15-16,20,23-24H,11-14H2,1H3,(H,25,29). The normalized spacial score (nSPS) is 15.6. The molecule has 1 aromatic heterocycles. The van der Waals surface area contributed by atoms with Gasteiger partial charge in [0.05, 0.1) is 12.2 Å². The van der Waals surface area contributed by atoms with E-state index in [1.54, 1.807) is 6.20 Å². The molecule has 1 fully saturated rings. The van der Waals surface area contributed by atoms with Crippen LogP contribution in [0, 0.1) is 0 Å². The third-order valence-electron chi connectivity index (χ3n) is 5.25. The number of piperidine rings is 1. The number of anilines is 2. The topological polar surface area (TPSA) is 83.9 Å². The molecule has 1 aliphatic rings. The Balaban J connectivity index is 1.35. The predicted molar refractivity (Wildman–Crippen MR) is 114 cm³/mol. The first-order valence-corrected chi connectivity index (χ1v) is 10.0. The lowest BCUT2D eigenvalue weighted by Crippen LogP contribution is -2.29. The molecule has 1 atom stereocenters. The van der Waals surface area contributed by atoms with E-state index in [-0.39, 0.29) is 11.9 Å². The molecule has 2 heterocycles. The van der Waals surface area contributed by atoms with Gasteiger partial charge >= 0.3 is 0 Å². The zero-order valence-electron chi connectivity index (χ0n) is 16.5. The molecular weight excluding hydrogens is 364 g/mol. The minimum Gasteiger partial charge on any atom is -0.379 e. The second-order valence-electron chi connectivity index (χ2n) is 7.37. The highest BCUT2D eigenvalue weighted by Gasteiger charge is 2.18. The van der Waals surface area contributed by atoms with E-state index in [9.17, 15) is 4.79 Å². The van der Waals surface area contributed by atoms with Gasteiger partial charge in [0.25, 0.3) is 5.91 Å². The van der Waals surface area contributed by atoms with E-state index in [4.69, 9.17) is 0 Å². The van der Waals surface area contributed by atoms with Gasteiger partial charge in [0.1, 0.15) is 0 Å². The van der Waals surface area contributed by atoms with Crippen molar-refractivity contribution in [1.29, 1.82) is 0 Å². The maximum Gasteiger partial charge on any atom is 0.277 e. The molecule has 1 amide bonds. The summed E-state index contributed by atoms with van der Waals surface area (Å²) in [6, 6.07) is 18.5. The summed E-state index contributed by atoms with van der Waals surface area (Å²) < 4.78 is 1.81. The van der Waals surface area contributed by atoms with Crippen LogP contribution in [0.2, 0.25) is 0 Å². The Bertz CT molecular complexity index is 931. The van der Waals surface area contributed by atoms with Crippen LogP contribution in [0.15, 0.2) is 60.8 Å². The zero-order valence-corrected chi connectivity index (χ0v) is 16.5. The minimum absolute atomic E-state index is 0.196. The van der Waals surface area contributed by atoms with Crippen LogP contribution in [-0.2, 0) is 0 Å². The van der Waals surface area contributed by atoms with Crippen LogP contribution in [0.1, 0.15) is 47.9 Å². The summed E-state index contributed by atoms with van der Waals surface area (Å²) in [4.78, 5) is 12.5. The van der Waals surface area contributed by atoms with Crippen molar-refractivity contribution in [2.75, 3.05) is 23.7 Å². The molecule has 0 saturated carbocycles. The number of aromatic nitrogens is 3. The van der Waals surface area contributed by atoms with Gasteiger partial charge in [-0.15, -0.1) is 5.10 Å². The highest BCUT2D eigenvalue weighted by atomic mass is 16.2. The molecule has 3 aromatic rings. The molecule has 29 heavy (non-hydrogen) atoms. The molecule has 1 saturated heterocycles. The summed E-state index contributed by atoms with van der Waals surface area (Å²) >= 11 is 0. The van der Waals surface area contributed by atoms with E-state index in [0.717, 1.165) is 37.3 Å². The summed E-state index contributed by atoms with van der Waals surface area (Å²) in [7, 11) is 0. The van der Waals surface area contributed by atoms with Crippen LogP contribution < -0.4 is 16.0 Å². The minimum atomic E-state index is -0.247. The molecule has 7 nitrogen and oxygen atoms in total. The number of carbonyl (C=O) groups excluding carboxylic acids is 1.